The van der Waals surface area contributed by atoms with Crippen LogP contribution in [0.5, 0.6) is 0 Å². The van der Waals surface area contributed by atoms with Crippen molar-refractivity contribution in [2.75, 3.05) is 13.2 Å². The van der Waals surface area contributed by atoms with Crippen molar-refractivity contribution in [3.63, 3.8) is 0 Å². The smallest absolute Gasteiger partial charge is 0.257 e. The molecule has 1 saturated carbocycles. The number of rotatable bonds is 2. The summed E-state index contributed by atoms with van der Waals surface area (Å²) < 4.78 is 7.52. The monoisotopic (exact) mass is 312 g/mol. The van der Waals surface area contributed by atoms with Crippen LogP contribution in [-0.2, 0) is 4.74 Å². The Kier molecular flexibility index (Phi) is 3.61. The number of fused-ring (bicyclic) bond motifs is 1. The van der Waals surface area contributed by atoms with Crippen LogP contribution in [-0.4, -0.2) is 50.9 Å². The minimum Gasteiger partial charge on any atom is -0.374 e. The molecule has 120 valence electrons. The predicted octanol–water partition coefficient (Wildman–Crippen LogP) is 1.97. The molecular weight excluding hydrogens is 292 g/mol. The SMILES string of the molecule is Cc1c(C(=O)N2CCO[C@@H]3CCC[C@H]32)cnn1-c1ccccn1. The topological polar surface area (TPSA) is 60.3 Å². The van der Waals surface area contributed by atoms with Gasteiger partial charge in [0.05, 0.1) is 36.2 Å². The highest BCUT2D eigenvalue weighted by molar-refractivity contribution is 5.95. The lowest BCUT2D eigenvalue weighted by Gasteiger charge is -2.37. The molecule has 1 saturated heterocycles. The Morgan fingerprint density at radius 1 is 1.35 bits per heavy atom. The van der Waals surface area contributed by atoms with Crippen LogP contribution < -0.4 is 0 Å². The third kappa shape index (κ3) is 2.43. The van der Waals surface area contributed by atoms with Gasteiger partial charge in [-0.2, -0.15) is 5.10 Å². The average molecular weight is 312 g/mol. The van der Waals surface area contributed by atoms with Gasteiger partial charge in [0.15, 0.2) is 5.82 Å². The maximum absolute atomic E-state index is 13.0. The minimum absolute atomic E-state index is 0.0601. The second-order valence-electron chi connectivity index (χ2n) is 6.15. The van der Waals surface area contributed by atoms with Crippen molar-refractivity contribution in [1.29, 1.82) is 0 Å². The van der Waals surface area contributed by atoms with Gasteiger partial charge in [-0.05, 0) is 38.3 Å². The zero-order valence-electron chi connectivity index (χ0n) is 13.2. The summed E-state index contributed by atoms with van der Waals surface area (Å²) in [5.74, 6) is 0.787. The maximum atomic E-state index is 13.0. The number of aromatic nitrogens is 3. The van der Waals surface area contributed by atoms with Gasteiger partial charge in [0, 0.05) is 12.7 Å². The quantitative estimate of drug-likeness (QED) is 0.850. The first-order chi connectivity index (χ1) is 11.3. The first-order valence-electron chi connectivity index (χ1n) is 8.14. The molecule has 0 radical (unpaired) electrons. The minimum atomic E-state index is 0.0601. The molecule has 2 aromatic rings. The van der Waals surface area contributed by atoms with Crippen LogP contribution in [0.1, 0.15) is 35.3 Å². The Hall–Kier alpha value is -2.21. The van der Waals surface area contributed by atoms with Crippen molar-refractivity contribution < 1.29 is 9.53 Å². The molecule has 1 aliphatic heterocycles. The van der Waals surface area contributed by atoms with Crippen LogP contribution in [0.4, 0.5) is 0 Å². The van der Waals surface area contributed by atoms with E-state index in [2.05, 4.69) is 10.1 Å². The van der Waals surface area contributed by atoms with Crippen LogP contribution in [0, 0.1) is 6.92 Å². The van der Waals surface area contributed by atoms with Gasteiger partial charge in [0.1, 0.15) is 0 Å². The Balaban J connectivity index is 1.63. The van der Waals surface area contributed by atoms with Gasteiger partial charge in [0.25, 0.3) is 5.91 Å². The molecule has 2 fully saturated rings. The van der Waals surface area contributed by atoms with Crippen molar-refractivity contribution in [2.24, 2.45) is 0 Å². The van der Waals surface area contributed by atoms with E-state index < -0.39 is 0 Å². The van der Waals surface area contributed by atoms with Gasteiger partial charge in [-0.1, -0.05) is 6.07 Å². The van der Waals surface area contributed by atoms with E-state index in [4.69, 9.17) is 4.74 Å². The van der Waals surface area contributed by atoms with Crippen LogP contribution in [0.15, 0.2) is 30.6 Å². The van der Waals surface area contributed by atoms with E-state index in [0.717, 1.165) is 30.8 Å². The molecule has 0 N–H and O–H groups in total. The maximum Gasteiger partial charge on any atom is 0.257 e. The summed E-state index contributed by atoms with van der Waals surface area (Å²) in [6, 6.07) is 5.88. The van der Waals surface area contributed by atoms with Gasteiger partial charge in [-0.25, -0.2) is 9.67 Å². The summed E-state index contributed by atoms with van der Waals surface area (Å²) in [6.07, 6.45) is 6.81. The standard InChI is InChI=1S/C17H20N4O2/c1-12-13(11-19-21(12)16-7-2-3-8-18-16)17(22)20-9-10-23-15-6-4-5-14(15)20/h2-3,7-8,11,14-15H,4-6,9-10H2,1H3/t14-,15-/m1/s1. The molecule has 1 amide bonds. The third-order valence-electron chi connectivity index (χ3n) is 4.85. The summed E-state index contributed by atoms with van der Waals surface area (Å²) in [5, 5.41) is 4.36. The summed E-state index contributed by atoms with van der Waals surface area (Å²) in [5.41, 5.74) is 1.48. The molecule has 6 heteroatoms. The van der Waals surface area contributed by atoms with Crippen LogP contribution in [0.2, 0.25) is 0 Å². The van der Waals surface area contributed by atoms with E-state index in [0.29, 0.717) is 18.7 Å². The van der Waals surface area contributed by atoms with Crippen LogP contribution in [0.25, 0.3) is 5.82 Å². The molecule has 6 nitrogen and oxygen atoms in total. The first kappa shape index (κ1) is 14.4. The van der Waals surface area contributed by atoms with Gasteiger partial charge < -0.3 is 9.64 Å². The molecule has 0 bridgehead atoms. The number of hydrogen-bond acceptors (Lipinski definition) is 4. The van der Waals surface area contributed by atoms with E-state index in [1.165, 1.54) is 0 Å². The first-order valence-corrected chi connectivity index (χ1v) is 8.14. The number of nitrogens with zero attached hydrogens (tertiary/aromatic N) is 4. The number of morpholine rings is 1. The Bertz CT molecular complexity index is 713. The Morgan fingerprint density at radius 3 is 3.09 bits per heavy atom. The lowest BCUT2D eigenvalue weighted by molar-refractivity contribution is -0.0445. The molecule has 2 atom stereocenters. The third-order valence-corrected chi connectivity index (χ3v) is 4.85. The molecule has 3 heterocycles. The second-order valence-corrected chi connectivity index (χ2v) is 6.15. The fraction of sp³-hybridized carbons (Fsp3) is 0.471. The van der Waals surface area contributed by atoms with Crippen molar-refractivity contribution in [3.8, 4) is 5.82 Å². The molecule has 2 aliphatic rings. The fourth-order valence-electron chi connectivity index (χ4n) is 3.66. The molecule has 0 unspecified atom stereocenters. The molecule has 0 spiro atoms. The highest BCUT2D eigenvalue weighted by Gasteiger charge is 2.39. The molecular formula is C17H20N4O2. The summed E-state index contributed by atoms with van der Waals surface area (Å²) >= 11 is 0. The molecule has 2 aromatic heterocycles. The molecule has 4 rings (SSSR count). The van der Waals surface area contributed by atoms with Gasteiger partial charge in [-0.15, -0.1) is 0 Å². The van der Waals surface area contributed by atoms with Crippen molar-refractivity contribution in [3.05, 3.63) is 41.9 Å². The number of pyridine rings is 1. The zero-order chi connectivity index (χ0) is 15.8. The highest BCUT2D eigenvalue weighted by Crippen LogP contribution is 2.31. The van der Waals surface area contributed by atoms with Gasteiger partial charge >= 0.3 is 0 Å². The predicted molar refractivity (Wildman–Crippen MR) is 84.5 cm³/mol. The lowest BCUT2D eigenvalue weighted by Crippen LogP contribution is -2.51. The summed E-state index contributed by atoms with van der Waals surface area (Å²) in [4.78, 5) is 19.3. The fourth-order valence-corrected chi connectivity index (χ4v) is 3.66. The zero-order valence-corrected chi connectivity index (χ0v) is 13.2. The van der Waals surface area contributed by atoms with Crippen molar-refractivity contribution >= 4 is 5.91 Å². The Labute approximate surface area is 135 Å². The van der Waals surface area contributed by atoms with Crippen LogP contribution >= 0.6 is 0 Å². The normalized spacial score (nSPS) is 23.8. The van der Waals surface area contributed by atoms with E-state index in [1.54, 1.807) is 17.1 Å². The number of carbonyl (C=O) groups excluding carboxylic acids is 1. The highest BCUT2D eigenvalue weighted by atomic mass is 16.5. The number of ether oxygens (including phenoxy) is 1. The number of amides is 1. The largest absolute Gasteiger partial charge is 0.374 e. The average Bonchev–Trinajstić information content (AvgIpc) is 3.21. The molecule has 1 aliphatic carbocycles. The lowest BCUT2D eigenvalue weighted by atomic mass is 10.1. The van der Waals surface area contributed by atoms with Crippen molar-refractivity contribution in [2.45, 2.75) is 38.3 Å². The van der Waals surface area contributed by atoms with Crippen LogP contribution in [0.3, 0.4) is 0 Å². The number of hydrogen-bond donors (Lipinski definition) is 0. The van der Waals surface area contributed by atoms with E-state index in [1.807, 2.05) is 30.0 Å². The van der Waals surface area contributed by atoms with E-state index in [-0.39, 0.29) is 18.1 Å². The van der Waals surface area contributed by atoms with E-state index in [9.17, 15) is 4.79 Å². The molecule has 23 heavy (non-hydrogen) atoms. The summed E-state index contributed by atoms with van der Waals surface area (Å²) in [7, 11) is 0. The second kappa shape index (κ2) is 5.77. The number of carbonyl (C=O) groups is 1. The van der Waals surface area contributed by atoms with Gasteiger partial charge in [0.2, 0.25) is 0 Å². The van der Waals surface area contributed by atoms with E-state index >= 15 is 0 Å². The van der Waals surface area contributed by atoms with Gasteiger partial charge in [-0.3, -0.25) is 4.79 Å². The Morgan fingerprint density at radius 2 is 2.26 bits per heavy atom. The van der Waals surface area contributed by atoms with Crippen molar-refractivity contribution in [1.82, 2.24) is 19.7 Å². The molecule has 0 aromatic carbocycles. The summed E-state index contributed by atoms with van der Waals surface area (Å²) in [6.45, 7) is 3.20.